The van der Waals surface area contributed by atoms with Crippen molar-refractivity contribution in [3.8, 4) is 0 Å². The van der Waals surface area contributed by atoms with Gasteiger partial charge in [-0.25, -0.2) is 15.0 Å². The van der Waals surface area contributed by atoms with Gasteiger partial charge in [0.15, 0.2) is 0 Å². The van der Waals surface area contributed by atoms with E-state index in [0.717, 1.165) is 21.6 Å². The molecule has 0 unspecified atom stereocenters. The van der Waals surface area contributed by atoms with E-state index in [9.17, 15) is 0 Å². The molecule has 0 atom stereocenters. The number of nitrogens with zero attached hydrogens (tertiary/aromatic N) is 3. The summed E-state index contributed by atoms with van der Waals surface area (Å²) < 4.78 is 1.12. The Labute approximate surface area is 113 Å². The zero-order chi connectivity index (χ0) is 12.4. The van der Waals surface area contributed by atoms with Crippen LogP contribution in [0.5, 0.6) is 0 Å². The molecular weight excluding hydrogens is 268 g/mol. The number of benzene rings is 1. The number of nitrogens with one attached hydrogen (secondary N) is 1. The monoisotopic (exact) mass is 276 g/mol. The van der Waals surface area contributed by atoms with E-state index in [-0.39, 0.29) is 0 Å². The first kappa shape index (κ1) is 11.4. The van der Waals surface area contributed by atoms with E-state index < -0.39 is 0 Å². The largest absolute Gasteiger partial charge is 0.376 e. The number of rotatable bonds is 3. The molecule has 3 aromatic rings. The molecule has 1 aromatic carbocycles. The van der Waals surface area contributed by atoms with Crippen LogP contribution in [0.25, 0.3) is 10.2 Å². The van der Waals surface area contributed by atoms with E-state index >= 15 is 0 Å². The minimum Gasteiger partial charge on any atom is -0.376 e. The third kappa shape index (κ3) is 2.14. The van der Waals surface area contributed by atoms with E-state index in [1.165, 1.54) is 6.33 Å². The summed E-state index contributed by atoms with van der Waals surface area (Å²) in [6, 6.07) is 5.72. The molecule has 0 spiro atoms. The van der Waals surface area contributed by atoms with Gasteiger partial charge in [-0.3, -0.25) is 0 Å². The van der Waals surface area contributed by atoms with E-state index in [0.29, 0.717) is 11.6 Å². The Morgan fingerprint density at radius 2 is 2.17 bits per heavy atom. The molecule has 0 radical (unpaired) electrons. The summed E-state index contributed by atoms with van der Waals surface area (Å²) in [6.45, 7) is 0.596. The standard InChI is InChI=1S/C12H9ClN4S/c13-9-1-2-10-12(17-7-18-10)11(9)15-5-8-3-4-14-6-16-8/h1-4,6-7,15H,5H2. The molecule has 1 N–H and O–H groups in total. The summed E-state index contributed by atoms with van der Waals surface area (Å²) >= 11 is 7.79. The SMILES string of the molecule is Clc1ccc2scnc2c1NCc1ccncn1. The predicted octanol–water partition coefficient (Wildman–Crippen LogP) is 3.35. The van der Waals surface area contributed by atoms with Crippen molar-refractivity contribution in [2.24, 2.45) is 0 Å². The fourth-order valence-electron chi connectivity index (χ4n) is 1.68. The van der Waals surface area contributed by atoms with Crippen LogP contribution in [0, 0.1) is 0 Å². The second-order valence-corrected chi connectivity index (χ2v) is 4.97. The molecule has 0 aliphatic carbocycles. The molecule has 0 amide bonds. The molecule has 0 aliphatic heterocycles. The number of thiazole rings is 1. The minimum atomic E-state index is 0.596. The maximum atomic E-state index is 6.20. The molecule has 0 aliphatic rings. The molecule has 0 bridgehead atoms. The molecule has 2 aromatic heterocycles. The highest BCUT2D eigenvalue weighted by Gasteiger charge is 2.08. The molecule has 0 saturated carbocycles. The molecular formula is C12H9ClN4S. The van der Waals surface area contributed by atoms with E-state index in [4.69, 9.17) is 11.6 Å². The van der Waals surface area contributed by atoms with Gasteiger partial charge in [-0.2, -0.15) is 0 Å². The van der Waals surface area contributed by atoms with Crippen LogP contribution in [-0.4, -0.2) is 15.0 Å². The lowest BCUT2D eigenvalue weighted by Gasteiger charge is -2.08. The Hall–Kier alpha value is -1.72. The smallest absolute Gasteiger partial charge is 0.115 e. The highest BCUT2D eigenvalue weighted by atomic mass is 35.5. The topological polar surface area (TPSA) is 50.7 Å². The van der Waals surface area contributed by atoms with Crippen LogP contribution in [-0.2, 0) is 6.54 Å². The van der Waals surface area contributed by atoms with Crippen molar-refractivity contribution in [1.82, 2.24) is 15.0 Å². The Morgan fingerprint density at radius 1 is 1.22 bits per heavy atom. The molecule has 0 fully saturated rings. The van der Waals surface area contributed by atoms with E-state index in [1.807, 2.05) is 23.7 Å². The number of aromatic nitrogens is 3. The quantitative estimate of drug-likeness (QED) is 0.797. The average molecular weight is 277 g/mol. The van der Waals surface area contributed by atoms with Crippen LogP contribution in [0.2, 0.25) is 5.02 Å². The first-order valence-electron chi connectivity index (χ1n) is 5.35. The summed E-state index contributed by atoms with van der Waals surface area (Å²) in [6.07, 6.45) is 3.25. The predicted molar refractivity (Wildman–Crippen MR) is 74.0 cm³/mol. The highest BCUT2D eigenvalue weighted by Crippen LogP contribution is 2.32. The Bertz CT molecular complexity index is 668. The van der Waals surface area contributed by atoms with Crippen molar-refractivity contribution >= 4 is 38.8 Å². The van der Waals surface area contributed by atoms with Crippen molar-refractivity contribution in [1.29, 1.82) is 0 Å². The molecule has 2 heterocycles. The van der Waals surface area contributed by atoms with Gasteiger partial charge in [0.2, 0.25) is 0 Å². The third-order valence-corrected chi connectivity index (χ3v) is 3.65. The van der Waals surface area contributed by atoms with Gasteiger partial charge in [0.05, 0.1) is 33.2 Å². The van der Waals surface area contributed by atoms with Crippen molar-refractivity contribution in [3.05, 3.63) is 47.0 Å². The minimum absolute atomic E-state index is 0.596. The summed E-state index contributed by atoms with van der Waals surface area (Å²) in [7, 11) is 0. The third-order valence-electron chi connectivity index (χ3n) is 2.54. The molecule has 3 rings (SSSR count). The Kier molecular flexibility index (Phi) is 3.08. The van der Waals surface area contributed by atoms with Crippen LogP contribution in [0.4, 0.5) is 5.69 Å². The van der Waals surface area contributed by atoms with E-state index in [2.05, 4.69) is 20.3 Å². The van der Waals surface area contributed by atoms with Crippen LogP contribution in [0.1, 0.15) is 5.69 Å². The molecule has 4 nitrogen and oxygen atoms in total. The molecule has 18 heavy (non-hydrogen) atoms. The maximum Gasteiger partial charge on any atom is 0.115 e. The maximum absolute atomic E-state index is 6.20. The van der Waals surface area contributed by atoms with Crippen molar-refractivity contribution < 1.29 is 0 Å². The van der Waals surface area contributed by atoms with Gasteiger partial charge in [-0.05, 0) is 18.2 Å². The second kappa shape index (κ2) is 4.88. The normalized spacial score (nSPS) is 10.7. The summed E-state index contributed by atoms with van der Waals surface area (Å²) in [5.41, 5.74) is 4.49. The fraction of sp³-hybridized carbons (Fsp3) is 0.0833. The zero-order valence-corrected chi connectivity index (χ0v) is 10.9. The van der Waals surface area contributed by atoms with Crippen molar-refractivity contribution in [3.63, 3.8) is 0 Å². The lowest BCUT2D eigenvalue weighted by atomic mass is 10.2. The van der Waals surface area contributed by atoms with Gasteiger partial charge in [-0.1, -0.05) is 11.6 Å². The summed E-state index contributed by atoms with van der Waals surface area (Å²) in [5.74, 6) is 0. The number of anilines is 1. The Morgan fingerprint density at radius 3 is 3.00 bits per heavy atom. The van der Waals surface area contributed by atoms with Gasteiger partial charge < -0.3 is 5.32 Å². The van der Waals surface area contributed by atoms with Gasteiger partial charge in [0.1, 0.15) is 11.8 Å². The lowest BCUT2D eigenvalue weighted by Crippen LogP contribution is -2.02. The highest BCUT2D eigenvalue weighted by molar-refractivity contribution is 7.16. The number of hydrogen-bond acceptors (Lipinski definition) is 5. The molecule has 6 heteroatoms. The van der Waals surface area contributed by atoms with Crippen LogP contribution < -0.4 is 5.32 Å². The summed E-state index contributed by atoms with van der Waals surface area (Å²) in [4.78, 5) is 12.4. The average Bonchev–Trinajstić information content (AvgIpc) is 2.87. The fourth-order valence-corrected chi connectivity index (χ4v) is 2.58. The van der Waals surface area contributed by atoms with E-state index in [1.54, 1.807) is 17.5 Å². The summed E-state index contributed by atoms with van der Waals surface area (Å²) in [5, 5.41) is 3.95. The van der Waals surface area contributed by atoms with Crippen LogP contribution in [0.15, 0.2) is 36.2 Å². The van der Waals surface area contributed by atoms with Gasteiger partial charge >= 0.3 is 0 Å². The van der Waals surface area contributed by atoms with Gasteiger partial charge in [0, 0.05) is 6.20 Å². The van der Waals surface area contributed by atoms with Crippen LogP contribution in [0.3, 0.4) is 0 Å². The van der Waals surface area contributed by atoms with Gasteiger partial charge in [-0.15, -0.1) is 11.3 Å². The van der Waals surface area contributed by atoms with Crippen molar-refractivity contribution in [2.75, 3.05) is 5.32 Å². The van der Waals surface area contributed by atoms with Crippen molar-refractivity contribution in [2.45, 2.75) is 6.54 Å². The zero-order valence-electron chi connectivity index (χ0n) is 9.30. The van der Waals surface area contributed by atoms with Gasteiger partial charge in [0.25, 0.3) is 0 Å². The molecule has 90 valence electrons. The molecule has 0 saturated heterocycles. The van der Waals surface area contributed by atoms with Crippen LogP contribution >= 0.6 is 22.9 Å². The lowest BCUT2D eigenvalue weighted by molar-refractivity contribution is 1.01. The first-order chi connectivity index (χ1) is 8.84. The first-order valence-corrected chi connectivity index (χ1v) is 6.61. The number of halogens is 1. The number of hydrogen-bond donors (Lipinski definition) is 1. The second-order valence-electron chi connectivity index (χ2n) is 3.68. The Balaban J connectivity index is 1.90. The number of fused-ring (bicyclic) bond motifs is 1.